The summed E-state index contributed by atoms with van der Waals surface area (Å²) in [6.07, 6.45) is 0. The third-order valence-electron chi connectivity index (χ3n) is 1.86. The number of benzene rings is 1. The first kappa shape index (κ1) is 8.71. The first-order valence-electron chi connectivity index (χ1n) is 3.81. The Morgan fingerprint density at radius 3 is 2.58 bits per heavy atom. The smallest absolute Gasteiger partial charge is 0.142 e. The van der Waals surface area contributed by atoms with Crippen LogP contribution in [0, 0.1) is 6.92 Å². The van der Waals surface area contributed by atoms with Crippen LogP contribution in [0.2, 0.25) is 0 Å². The highest BCUT2D eigenvalue weighted by Gasteiger charge is 2.03. The van der Waals surface area contributed by atoms with E-state index in [2.05, 4.69) is 5.32 Å². The number of nitrogen functional groups attached to an aromatic ring is 1. The van der Waals surface area contributed by atoms with Crippen LogP contribution < -0.4 is 15.8 Å². The van der Waals surface area contributed by atoms with Gasteiger partial charge in [0, 0.05) is 12.7 Å². The molecular weight excluding hydrogens is 152 g/mol. The molecule has 0 amide bonds. The number of hydrogen-bond donors (Lipinski definition) is 2. The monoisotopic (exact) mass is 166 g/mol. The summed E-state index contributed by atoms with van der Waals surface area (Å²) in [4.78, 5) is 0. The Morgan fingerprint density at radius 1 is 1.42 bits per heavy atom. The Bertz CT molecular complexity index is 255. The summed E-state index contributed by atoms with van der Waals surface area (Å²) in [5.41, 5.74) is 8.45. The molecule has 0 heterocycles. The Balaban J connectivity index is 3.19. The number of hydrogen-bond acceptors (Lipinski definition) is 3. The van der Waals surface area contributed by atoms with Crippen molar-refractivity contribution in [2.45, 2.75) is 6.92 Å². The van der Waals surface area contributed by atoms with E-state index in [-0.39, 0.29) is 0 Å². The molecule has 1 aromatic rings. The number of nitrogens with one attached hydrogen (secondary N) is 1. The van der Waals surface area contributed by atoms with Crippen LogP contribution >= 0.6 is 0 Å². The van der Waals surface area contributed by atoms with E-state index in [0.29, 0.717) is 0 Å². The number of nitrogens with two attached hydrogens (primary N) is 1. The lowest BCUT2D eigenvalue weighted by molar-refractivity contribution is 0.416. The molecule has 0 aliphatic heterocycles. The van der Waals surface area contributed by atoms with Gasteiger partial charge in [0.2, 0.25) is 0 Å². The van der Waals surface area contributed by atoms with E-state index in [9.17, 15) is 0 Å². The summed E-state index contributed by atoms with van der Waals surface area (Å²) in [5.74, 6) is 0.823. The molecule has 0 bridgehead atoms. The third-order valence-corrected chi connectivity index (χ3v) is 1.86. The normalized spacial score (nSPS) is 9.58. The number of anilines is 2. The van der Waals surface area contributed by atoms with E-state index in [0.717, 1.165) is 22.7 Å². The molecule has 1 rings (SSSR count). The molecular formula is C9H14N2O. The summed E-state index contributed by atoms with van der Waals surface area (Å²) in [6.45, 7) is 1.96. The predicted molar refractivity (Wildman–Crippen MR) is 51.7 cm³/mol. The molecule has 0 atom stereocenters. The minimum atomic E-state index is 0.778. The van der Waals surface area contributed by atoms with Crippen molar-refractivity contribution in [1.29, 1.82) is 0 Å². The minimum absolute atomic E-state index is 0.778. The molecule has 1 aromatic carbocycles. The summed E-state index contributed by atoms with van der Waals surface area (Å²) in [5, 5.41) is 3.01. The SMILES string of the molecule is CNc1cc(N)c(C)cc1OC. The first-order valence-corrected chi connectivity index (χ1v) is 3.81. The Morgan fingerprint density at radius 2 is 2.08 bits per heavy atom. The standard InChI is InChI=1S/C9H14N2O/c1-6-4-9(12-3)8(11-2)5-7(6)10/h4-5,11H,10H2,1-3H3. The van der Waals surface area contributed by atoms with Gasteiger partial charge in [0.1, 0.15) is 5.75 Å². The van der Waals surface area contributed by atoms with E-state index in [1.807, 2.05) is 26.1 Å². The summed E-state index contributed by atoms with van der Waals surface area (Å²) in [6, 6.07) is 3.79. The lowest BCUT2D eigenvalue weighted by atomic mass is 10.1. The average Bonchev–Trinajstić information content (AvgIpc) is 2.09. The van der Waals surface area contributed by atoms with Crippen LogP contribution in [0.4, 0.5) is 11.4 Å². The lowest BCUT2D eigenvalue weighted by Crippen LogP contribution is -1.97. The highest BCUT2D eigenvalue weighted by atomic mass is 16.5. The molecule has 0 fully saturated rings. The fraction of sp³-hybridized carbons (Fsp3) is 0.333. The van der Waals surface area contributed by atoms with Crippen molar-refractivity contribution >= 4 is 11.4 Å². The van der Waals surface area contributed by atoms with E-state index < -0.39 is 0 Å². The van der Waals surface area contributed by atoms with E-state index >= 15 is 0 Å². The fourth-order valence-corrected chi connectivity index (χ4v) is 1.06. The second kappa shape index (κ2) is 3.34. The van der Waals surface area contributed by atoms with Gasteiger partial charge in [-0.05, 0) is 24.6 Å². The van der Waals surface area contributed by atoms with Crippen molar-refractivity contribution in [3.8, 4) is 5.75 Å². The first-order chi connectivity index (χ1) is 5.69. The summed E-state index contributed by atoms with van der Waals surface area (Å²) >= 11 is 0. The van der Waals surface area contributed by atoms with Gasteiger partial charge in [-0.15, -0.1) is 0 Å². The van der Waals surface area contributed by atoms with Crippen molar-refractivity contribution in [3.63, 3.8) is 0 Å². The van der Waals surface area contributed by atoms with Crippen molar-refractivity contribution in [3.05, 3.63) is 17.7 Å². The summed E-state index contributed by atoms with van der Waals surface area (Å²) < 4.78 is 5.15. The summed E-state index contributed by atoms with van der Waals surface area (Å²) in [7, 11) is 3.48. The second-order valence-corrected chi connectivity index (χ2v) is 2.66. The van der Waals surface area contributed by atoms with Gasteiger partial charge in [0.15, 0.2) is 0 Å². The molecule has 3 heteroatoms. The maximum Gasteiger partial charge on any atom is 0.142 e. The molecule has 0 radical (unpaired) electrons. The van der Waals surface area contributed by atoms with Gasteiger partial charge in [-0.3, -0.25) is 0 Å². The largest absolute Gasteiger partial charge is 0.495 e. The van der Waals surface area contributed by atoms with Crippen molar-refractivity contribution < 1.29 is 4.74 Å². The zero-order valence-corrected chi connectivity index (χ0v) is 7.64. The van der Waals surface area contributed by atoms with Crippen LogP contribution in [-0.2, 0) is 0 Å². The number of aryl methyl sites for hydroxylation is 1. The molecule has 3 nitrogen and oxygen atoms in total. The van der Waals surface area contributed by atoms with Crippen LogP contribution in [0.1, 0.15) is 5.56 Å². The zero-order valence-electron chi connectivity index (χ0n) is 7.64. The molecule has 0 saturated carbocycles. The van der Waals surface area contributed by atoms with Crippen molar-refractivity contribution in [2.75, 3.05) is 25.2 Å². The van der Waals surface area contributed by atoms with E-state index in [1.165, 1.54) is 0 Å². The molecule has 0 spiro atoms. The predicted octanol–water partition coefficient (Wildman–Crippen LogP) is 1.63. The van der Waals surface area contributed by atoms with Gasteiger partial charge < -0.3 is 15.8 Å². The van der Waals surface area contributed by atoms with Crippen molar-refractivity contribution in [2.24, 2.45) is 0 Å². The quantitative estimate of drug-likeness (QED) is 0.656. The maximum atomic E-state index is 5.72. The number of rotatable bonds is 2. The van der Waals surface area contributed by atoms with E-state index in [4.69, 9.17) is 10.5 Å². The fourth-order valence-electron chi connectivity index (χ4n) is 1.06. The van der Waals surface area contributed by atoms with Gasteiger partial charge in [-0.25, -0.2) is 0 Å². The molecule has 0 saturated heterocycles. The Hall–Kier alpha value is -1.38. The molecule has 3 N–H and O–H groups in total. The van der Waals surface area contributed by atoms with Gasteiger partial charge in [-0.1, -0.05) is 0 Å². The molecule has 0 aromatic heterocycles. The average molecular weight is 166 g/mol. The zero-order chi connectivity index (χ0) is 9.14. The Kier molecular flexibility index (Phi) is 2.43. The van der Waals surface area contributed by atoms with Gasteiger partial charge in [0.25, 0.3) is 0 Å². The minimum Gasteiger partial charge on any atom is -0.495 e. The van der Waals surface area contributed by atoms with Crippen LogP contribution in [-0.4, -0.2) is 14.2 Å². The highest BCUT2D eigenvalue weighted by molar-refractivity contribution is 5.66. The van der Waals surface area contributed by atoms with Gasteiger partial charge in [-0.2, -0.15) is 0 Å². The number of ether oxygens (including phenoxy) is 1. The van der Waals surface area contributed by atoms with Gasteiger partial charge >= 0.3 is 0 Å². The topological polar surface area (TPSA) is 47.3 Å². The maximum absolute atomic E-state index is 5.72. The highest BCUT2D eigenvalue weighted by Crippen LogP contribution is 2.28. The molecule has 0 aliphatic carbocycles. The second-order valence-electron chi connectivity index (χ2n) is 2.66. The van der Waals surface area contributed by atoms with Gasteiger partial charge in [0.05, 0.1) is 12.8 Å². The lowest BCUT2D eigenvalue weighted by Gasteiger charge is -2.10. The molecule has 0 aliphatic rings. The molecule has 0 unspecified atom stereocenters. The molecule has 66 valence electrons. The molecule has 12 heavy (non-hydrogen) atoms. The van der Waals surface area contributed by atoms with Crippen molar-refractivity contribution in [1.82, 2.24) is 0 Å². The van der Waals surface area contributed by atoms with E-state index in [1.54, 1.807) is 7.11 Å². The third kappa shape index (κ3) is 1.44. The van der Waals surface area contributed by atoms with Crippen LogP contribution in [0.15, 0.2) is 12.1 Å². The number of methoxy groups -OCH3 is 1. The van der Waals surface area contributed by atoms with Crippen LogP contribution in [0.3, 0.4) is 0 Å². The van der Waals surface area contributed by atoms with Crippen LogP contribution in [0.25, 0.3) is 0 Å². The van der Waals surface area contributed by atoms with Crippen LogP contribution in [0.5, 0.6) is 5.75 Å². The Labute approximate surface area is 72.5 Å².